The van der Waals surface area contributed by atoms with Crippen LogP contribution >= 0.6 is 0 Å². The largest absolute Gasteiger partial charge is 0.382 e. The number of nitrogens with zero attached hydrogens (tertiary/aromatic N) is 3. The molecule has 1 heterocycles. The number of sulfonamides is 1. The van der Waals surface area contributed by atoms with Crippen molar-refractivity contribution >= 4 is 16.0 Å². The van der Waals surface area contributed by atoms with Crippen LogP contribution in [0.25, 0.3) is 0 Å². The number of aliphatic imine (C=N–C) groups is 1. The van der Waals surface area contributed by atoms with Crippen LogP contribution in [0.1, 0.15) is 32.3 Å². The summed E-state index contributed by atoms with van der Waals surface area (Å²) in [6, 6.07) is 7.17. The van der Waals surface area contributed by atoms with Crippen LogP contribution in [0.4, 0.5) is 0 Å². The Hall–Kier alpha value is -1.68. The maximum absolute atomic E-state index is 13.2. The van der Waals surface area contributed by atoms with Gasteiger partial charge in [0.1, 0.15) is 0 Å². The predicted octanol–water partition coefficient (Wildman–Crippen LogP) is 1.49. The topological polar surface area (TPSA) is 86.3 Å². The van der Waals surface area contributed by atoms with Gasteiger partial charge in [0.15, 0.2) is 5.96 Å². The fourth-order valence-electron chi connectivity index (χ4n) is 3.24. The van der Waals surface area contributed by atoms with Gasteiger partial charge in [-0.3, -0.25) is 0 Å². The van der Waals surface area contributed by atoms with E-state index in [1.807, 2.05) is 33.0 Å². The van der Waals surface area contributed by atoms with Crippen LogP contribution in [0, 0.1) is 0 Å². The average Bonchev–Trinajstić information content (AvgIpc) is 2.75. The molecule has 0 aliphatic carbocycles. The van der Waals surface area contributed by atoms with Gasteiger partial charge in [-0.05, 0) is 45.4 Å². The smallest absolute Gasteiger partial charge is 0.243 e. The molecule has 0 spiro atoms. The van der Waals surface area contributed by atoms with E-state index in [0.29, 0.717) is 36.1 Å². The summed E-state index contributed by atoms with van der Waals surface area (Å²) in [5, 5.41) is 6.54. The zero-order valence-corrected chi connectivity index (χ0v) is 19.4. The first-order valence-electron chi connectivity index (χ1n) is 10.9. The Morgan fingerprint density at radius 3 is 2.53 bits per heavy atom. The van der Waals surface area contributed by atoms with E-state index in [4.69, 9.17) is 4.74 Å². The van der Waals surface area contributed by atoms with Crippen LogP contribution < -0.4 is 10.6 Å². The summed E-state index contributed by atoms with van der Waals surface area (Å²) in [6.07, 6.45) is 1.98. The molecule has 0 unspecified atom stereocenters. The van der Waals surface area contributed by atoms with Crippen LogP contribution in [-0.4, -0.2) is 83.1 Å². The minimum absolute atomic E-state index is 0.303. The van der Waals surface area contributed by atoms with E-state index >= 15 is 0 Å². The van der Waals surface area contributed by atoms with E-state index in [1.54, 1.807) is 16.4 Å². The highest BCUT2D eigenvalue weighted by atomic mass is 32.2. The SMILES string of the molecule is CCNC(=NCc1ccccc1S(=O)(=O)N1CCN(C)CC1)NCCCCOCC. The van der Waals surface area contributed by atoms with Crippen molar-refractivity contribution in [3.63, 3.8) is 0 Å². The molecule has 0 saturated carbocycles. The molecule has 0 amide bonds. The van der Waals surface area contributed by atoms with Gasteiger partial charge >= 0.3 is 0 Å². The highest BCUT2D eigenvalue weighted by Crippen LogP contribution is 2.22. The molecule has 9 heteroatoms. The fraction of sp³-hybridized carbons (Fsp3) is 0.667. The number of piperazine rings is 1. The molecule has 0 radical (unpaired) electrons. The molecular weight excluding hydrogens is 402 g/mol. The zero-order valence-electron chi connectivity index (χ0n) is 18.6. The molecule has 1 fully saturated rings. The van der Waals surface area contributed by atoms with Gasteiger partial charge in [0.05, 0.1) is 11.4 Å². The van der Waals surface area contributed by atoms with E-state index in [9.17, 15) is 8.42 Å². The van der Waals surface area contributed by atoms with E-state index in [2.05, 4.69) is 20.5 Å². The van der Waals surface area contributed by atoms with Crippen LogP contribution in [0.5, 0.6) is 0 Å². The Balaban J connectivity index is 2.04. The van der Waals surface area contributed by atoms with Crippen molar-refractivity contribution < 1.29 is 13.2 Å². The quantitative estimate of drug-likeness (QED) is 0.309. The monoisotopic (exact) mass is 439 g/mol. The summed E-state index contributed by atoms with van der Waals surface area (Å²) in [5.74, 6) is 0.695. The van der Waals surface area contributed by atoms with Gasteiger partial charge in [0.2, 0.25) is 10.0 Å². The number of benzene rings is 1. The lowest BCUT2D eigenvalue weighted by Gasteiger charge is -2.32. The molecule has 2 N–H and O–H groups in total. The molecule has 1 aromatic carbocycles. The maximum Gasteiger partial charge on any atom is 0.243 e. The third-order valence-corrected chi connectivity index (χ3v) is 7.02. The number of unbranched alkanes of at least 4 members (excludes halogenated alkanes) is 1. The minimum Gasteiger partial charge on any atom is -0.382 e. The molecule has 1 aliphatic rings. The molecule has 8 nitrogen and oxygen atoms in total. The van der Waals surface area contributed by atoms with Crippen molar-refractivity contribution in [3.8, 4) is 0 Å². The van der Waals surface area contributed by atoms with Crippen LogP contribution in [0.2, 0.25) is 0 Å². The Kier molecular flexibility index (Phi) is 10.6. The standard InChI is InChI=1S/C21H37N5O3S/c1-4-22-21(23-12-8-9-17-29-5-2)24-18-19-10-6-7-11-20(19)30(27,28)26-15-13-25(3)14-16-26/h6-7,10-11H,4-5,8-9,12-18H2,1-3H3,(H2,22,23,24). The number of nitrogens with one attached hydrogen (secondary N) is 2. The zero-order chi connectivity index (χ0) is 21.8. The summed E-state index contributed by atoms with van der Waals surface area (Å²) >= 11 is 0. The second-order valence-electron chi connectivity index (χ2n) is 7.34. The highest BCUT2D eigenvalue weighted by Gasteiger charge is 2.29. The van der Waals surface area contributed by atoms with E-state index in [1.165, 1.54) is 0 Å². The van der Waals surface area contributed by atoms with Crippen molar-refractivity contribution in [1.29, 1.82) is 0 Å². The van der Waals surface area contributed by atoms with E-state index in [0.717, 1.165) is 52.2 Å². The number of ether oxygens (including phenoxy) is 1. The minimum atomic E-state index is -3.52. The van der Waals surface area contributed by atoms with Crippen molar-refractivity contribution in [1.82, 2.24) is 19.8 Å². The Labute approximate surface area is 181 Å². The third-order valence-electron chi connectivity index (χ3n) is 5.02. The Morgan fingerprint density at radius 1 is 1.10 bits per heavy atom. The van der Waals surface area contributed by atoms with Gasteiger partial charge in [-0.25, -0.2) is 13.4 Å². The lowest BCUT2D eigenvalue weighted by atomic mass is 10.2. The lowest BCUT2D eigenvalue weighted by Crippen LogP contribution is -2.47. The normalized spacial score (nSPS) is 16.6. The summed E-state index contributed by atoms with van der Waals surface area (Å²) in [7, 11) is -1.51. The first kappa shape index (κ1) is 24.6. The molecule has 2 rings (SSSR count). The van der Waals surface area contributed by atoms with Gasteiger partial charge in [-0.1, -0.05) is 18.2 Å². The van der Waals surface area contributed by atoms with Crippen molar-refractivity contribution in [2.75, 3.05) is 59.5 Å². The van der Waals surface area contributed by atoms with Gasteiger partial charge < -0.3 is 20.3 Å². The summed E-state index contributed by atoms with van der Waals surface area (Å²) in [5.41, 5.74) is 0.713. The molecule has 1 aliphatic heterocycles. The molecule has 0 bridgehead atoms. The predicted molar refractivity (Wildman–Crippen MR) is 121 cm³/mol. The van der Waals surface area contributed by atoms with Crippen molar-refractivity contribution in [2.24, 2.45) is 4.99 Å². The van der Waals surface area contributed by atoms with E-state index in [-0.39, 0.29) is 0 Å². The molecule has 170 valence electrons. The molecule has 1 aromatic rings. The second-order valence-corrected chi connectivity index (χ2v) is 9.25. The van der Waals surface area contributed by atoms with Gasteiger partial charge in [-0.15, -0.1) is 0 Å². The van der Waals surface area contributed by atoms with Crippen LogP contribution in [0.3, 0.4) is 0 Å². The summed E-state index contributed by atoms with van der Waals surface area (Å²) in [4.78, 5) is 7.12. The number of guanidine groups is 1. The number of rotatable bonds is 11. The van der Waals surface area contributed by atoms with Gasteiger partial charge in [0, 0.05) is 52.5 Å². The fourth-order valence-corrected chi connectivity index (χ4v) is 4.88. The first-order valence-corrected chi connectivity index (χ1v) is 12.3. The van der Waals surface area contributed by atoms with E-state index < -0.39 is 10.0 Å². The first-order chi connectivity index (χ1) is 14.5. The van der Waals surface area contributed by atoms with Crippen LogP contribution in [0.15, 0.2) is 34.2 Å². The number of likely N-dealkylation sites (N-methyl/N-ethyl adjacent to an activating group) is 1. The molecule has 0 atom stereocenters. The second kappa shape index (κ2) is 12.9. The average molecular weight is 440 g/mol. The van der Waals surface area contributed by atoms with Gasteiger partial charge in [0.25, 0.3) is 0 Å². The van der Waals surface area contributed by atoms with Crippen molar-refractivity contribution in [2.45, 2.75) is 38.1 Å². The Bertz CT molecular complexity index is 762. The van der Waals surface area contributed by atoms with Crippen molar-refractivity contribution in [3.05, 3.63) is 29.8 Å². The molecular formula is C21H37N5O3S. The Morgan fingerprint density at radius 2 is 1.83 bits per heavy atom. The number of hydrogen-bond acceptors (Lipinski definition) is 5. The summed E-state index contributed by atoms with van der Waals surface area (Å²) < 4.78 is 33.3. The maximum atomic E-state index is 13.2. The molecule has 30 heavy (non-hydrogen) atoms. The molecule has 0 aromatic heterocycles. The third kappa shape index (κ3) is 7.54. The molecule has 1 saturated heterocycles. The summed E-state index contributed by atoms with van der Waals surface area (Å²) in [6.45, 7) is 9.88. The van der Waals surface area contributed by atoms with Gasteiger partial charge in [-0.2, -0.15) is 4.31 Å². The number of hydrogen-bond donors (Lipinski definition) is 2. The highest BCUT2D eigenvalue weighted by molar-refractivity contribution is 7.89. The van der Waals surface area contributed by atoms with Crippen LogP contribution in [-0.2, 0) is 21.3 Å². The lowest BCUT2D eigenvalue weighted by molar-refractivity contribution is 0.143.